The number of nitrogens with one attached hydrogen (secondary N) is 3. The average Bonchev–Trinajstić information content (AvgIpc) is 3.09. The van der Waals surface area contributed by atoms with Gasteiger partial charge in [0, 0.05) is 36.8 Å². The molecular weight excluding hydrogens is 286 g/mol. The van der Waals surface area contributed by atoms with Gasteiger partial charge in [-0.05, 0) is 12.3 Å². The van der Waals surface area contributed by atoms with Gasteiger partial charge in [0.1, 0.15) is 5.69 Å². The Balaban J connectivity index is 1.73. The molecule has 114 valence electrons. The topological polar surface area (TPSA) is 82.7 Å². The van der Waals surface area contributed by atoms with Crippen LogP contribution in [0.25, 0.3) is 0 Å². The summed E-state index contributed by atoms with van der Waals surface area (Å²) in [6.07, 6.45) is 5.21. The molecule has 2 aromatic rings. The van der Waals surface area contributed by atoms with Crippen LogP contribution in [-0.4, -0.2) is 33.9 Å². The van der Waals surface area contributed by atoms with E-state index >= 15 is 0 Å². The van der Waals surface area contributed by atoms with Gasteiger partial charge in [0.2, 0.25) is 0 Å². The first kappa shape index (κ1) is 15.5. The van der Waals surface area contributed by atoms with Gasteiger partial charge in [0.25, 0.3) is 5.91 Å². The molecule has 0 aromatic carbocycles. The molecule has 2 rings (SSSR count). The Morgan fingerprint density at radius 3 is 3.00 bits per heavy atom. The van der Waals surface area contributed by atoms with Gasteiger partial charge in [-0.1, -0.05) is 13.8 Å². The predicted molar refractivity (Wildman–Crippen MR) is 84.7 cm³/mol. The summed E-state index contributed by atoms with van der Waals surface area (Å²) in [5, 5.41) is 8.68. The van der Waals surface area contributed by atoms with Crippen LogP contribution in [0.2, 0.25) is 0 Å². The minimum atomic E-state index is -0.136. The van der Waals surface area contributed by atoms with Crippen molar-refractivity contribution in [1.29, 1.82) is 0 Å². The highest BCUT2D eigenvalue weighted by Crippen LogP contribution is 2.15. The normalized spacial score (nSPS) is 10.8. The highest BCUT2D eigenvalue weighted by atomic mass is 32.1. The molecule has 6 nitrogen and oxygen atoms in total. The fourth-order valence-electron chi connectivity index (χ4n) is 1.75. The Bertz CT molecular complexity index is 549. The standard InChI is InChI=1S/C14H21N5OS/c1-10(2)3-5-17-14-19-12(8-21-14)13(20)16-6-4-11-7-15-9-18-11/h7-10H,3-6H2,1-2H3,(H,15,18)(H,16,20)(H,17,19). The zero-order valence-electron chi connectivity index (χ0n) is 12.3. The molecule has 0 fully saturated rings. The molecule has 0 unspecified atom stereocenters. The molecule has 0 saturated heterocycles. The van der Waals surface area contributed by atoms with Crippen molar-refractivity contribution in [2.45, 2.75) is 26.7 Å². The number of carbonyl (C=O) groups is 1. The number of hydrogen-bond acceptors (Lipinski definition) is 5. The minimum Gasteiger partial charge on any atom is -0.361 e. The number of H-pyrrole nitrogens is 1. The number of anilines is 1. The van der Waals surface area contributed by atoms with Gasteiger partial charge in [0.15, 0.2) is 5.13 Å². The maximum atomic E-state index is 11.9. The summed E-state index contributed by atoms with van der Waals surface area (Å²) >= 11 is 1.46. The number of aromatic nitrogens is 3. The summed E-state index contributed by atoms with van der Waals surface area (Å²) in [4.78, 5) is 23.2. The zero-order chi connectivity index (χ0) is 15.1. The van der Waals surface area contributed by atoms with Crippen LogP contribution in [0.5, 0.6) is 0 Å². The molecule has 0 bridgehead atoms. The quantitative estimate of drug-likeness (QED) is 0.699. The Kier molecular flexibility index (Phi) is 5.74. The van der Waals surface area contributed by atoms with E-state index in [1.165, 1.54) is 11.3 Å². The van der Waals surface area contributed by atoms with E-state index in [4.69, 9.17) is 0 Å². The van der Waals surface area contributed by atoms with Crippen molar-refractivity contribution in [2.24, 2.45) is 5.92 Å². The molecule has 0 aliphatic carbocycles. The second kappa shape index (κ2) is 7.78. The van der Waals surface area contributed by atoms with Gasteiger partial charge in [0.05, 0.1) is 6.33 Å². The largest absolute Gasteiger partial charge is 0.361 e. The molecule has 21 heavy (non-hydrogen) atoms. The lowest BCUT2D eigenvalue weighted by Gasteiger charge is -2.04. The third kappa shape index (κ3) is 5.18. The van der Waals surface area contributed by atoms with Crippen molar-refractivity contribution in [1.82, 2.24) is 20.3 Å². The van der Waals surface area contributed by atoms with E-state index in [1.807, 2.05) is 0 Å². The molecule has 2 aromatic heterocycles. The van der Waals surface area contributed by atoms with Crippen LogP contribution in [0.1, 0.15) is 36.5 Å². The van der Waals surface area contributed by atoms with Gasteiger partial charge < -0.3 is 15.6 Å². The highest BCUT2D eigenvalue weighted by Gasteiger charge is 2.10. The number of nitrogens with zero attached hydrogens (tertiary/aromatic N) is 2. The third-order valence-corrected chi connectivity index (χ3v) is 3.77. The van der Waals surface area contributed by atoms with Gasteiger partial charge >= 0.3 is 0 Å². The number of aromatic amines is 1. The van der Waals surface area contributed by atoms with E-state index in [0.717, 1.165) is 30.2 Å². The van der Waals surface area contributed by atoms with E-state index < -0.39 is 0 Å². The van der Waals surface area contributed by atoms with Gasteiger partial charge in [-0.3, -0.25) is 4.79 Å². The number of thiazole rings is 1. The fraction of sp³-hybridized carbons (Fsp3) is 0.500. The third-order valence-electron chi connectivity index (χ3n) is 2.97. The Labute approximate surface area is 128 Å². The van der Waals surface area contributed by atoms with E-state index in [0.29, 0.717) is 18.2 Å². The van der Waals surface area contributed by atoms with Crippen LogP contribution in [0.4, 0.5) is 5.13 Å². The predicted octanol–water partition coefficient (Wildman–Crippen LogP) is 2.30. The first-order chi connectivity index (χ1) is 10.1. The molecule has 0 aliphatic rings. The van der Waals surface area contributed by atoms with Crippen molar-refractivity contribution in [3.63, 3.8) is 0 Å². The smallest absolute Gasteiger partial charge is 0.270 e. The maximum Gasteiger partial charge on any atom is 0.270 e. The van der Waals surface area contributed by atoms with Crippen molar-refractivity contribution in [3.8, 4) is 0 Å². The van der Waals surface area contributed by atoms with Crippen LogP contribution >= 0.6 is 11.3 Å². The summed E-state index contributed by atoms with van der Waals surface area (Å²) in [6.45, 7) is 5.81. The minimum absolute atomic E-state index is 0.136. The molecule has 0 spiro atoms. The Morgan fingerprint density at radius 1 is 1.43 bits per heavy atom. The van der Waals surface area contributed by atoms with E-state index in [1.54, 1.807) is 17.9 Å². The van der Waals surface area contributed by atoms with E-state index in [-0.39, 0.29) is 5.91 Å². The lowest BCUT2D eigenvalue weighted by molar-refractivity contribution is 0.0950. The maximum absolute atomic E-state index is 11.9. The monoisotopic (exact) mass is 307 g/mol. The Morgan fingerprint density at radius 2 is 2.29 bits per heavy atom. The summed E-state index contributed by atoms with van der Waals surface area (Å²) in [5.74, 6) is 0.519. The average molecular weight is 307 g/mol. The highest BCUT2D eigenvalue weighted by molar-refractivity contribution is 7.13. The van der Waals surface area contributed by atoms with Crippen molar-refractivity contribution >= 4 is 22.4 Å². The number of hydrogen-bond donors (Lipinski definition) is 3. The van der Waals surface area contributed by atoms with Crippen molar-refractivity contribution < 1.29 is 4.79 Å². The van der Waals surface area contributed by atoms with Crippen LogP contribution in [0, 0.1) is 5.92 Å². The lowest BCUT2D eigenvalue weighted by Crippen LogP contribution is -2.26. The molecular formula is C14H21N5OS. The second-order valence-electron chi connectivity index (χ2n) is 5.23. The summed E-state index contributed by atoms with van der Waals surface area (Å²) < 4.78 is 0. The molecule has 7 heteroatoms. The summed E-state index contributed by atoms with van der Waals surface area (Å²) in [7, 11) is 0. The molecule has 1 amide bonds. The molecule has 0 saturated carbocycles. The lowest BCUT2D eigenvalue weighted by atomic mass is 10.1. The number of rotatable bonds is 8. The van der Waals surface area contributed by atoms with Crippen LogP contribution in [-0.2, 0) is 6.42 Å². The van der Waals surface area contributed by atoms with Crippen LogP contribution in [0.15, 0.2) is 17.9 Å². The fourth-order valence-corrected chi connectivity index (χ4v) is 2.47. The van der Waals surface area contributed by atoms with Crippen LogP contribution in [0.3, 0.4) is 0 Å². The molecule has 3 N–H and O–H groups in total. The van der Waals surface area contributed by atoms with E-state index in [2.05, 4.69) is 39.4 Å². The van der Waals surface area contributed by atoms with Crippen molar-refractivity contribution in [3.05, 3.63) is 29.3 Å². The first-order valence-corrected chi connectivity index (χ1v) is 7.98. The van der Waals surface area contributed by atoms with E-state index in [9.17, 15) is 4.79 Å². The Hall–Kier alpha value is -1.89. The SMILES string of the molecule is CC(C)CCNc1nc(C(=O)NCCc2cnc[nH]2)cs1. The molecule has 0 radical (unpaired) electrons. The zero-order valence-corrected chi connectivity index (χ0v) is 13.2. The van der Waals surface area contributed by atoms with Gasteiger partial charge in [-0.25, -0.2) is 9.97 Å². The van der Waals surface area contributed by atoms with Gasteiger partial charge in [-0.2, -0.15) is 0 Å². The summed E-state index contributed by atoms with van der Waals surface area (Å²) in [6, 6.07) is 0. The number of amides is 1. The first-order valence-electron chi connectivity index (χ1n) is 7.10. The van der Waals surface area contributed by atoms with Crippen molar-refractivity contribution in [2.75, 3.05) is 18.4 Å². The number of imidazole rings is 1. The molecule has 0 aliphatic heterocycles. The van der Waals surface area contributed by atoms with Gasteiger partial charge in [-0.15, -0.1) is 11.3 Å². The van der Waals surface area contributed by atoms with Crippen LogP contribution < -0.4 is 10.6 Å². The second-order valence-corrected chi connectivity index (χ2v) is 6.09. The molecule has 0 atom stereocenters. The summed E-state index contributed by atoms with van der Waals surface area (Å²) in [5.41, 5.74) is 1.47. The number of carbonyl (C=O) groups excluding carboxylic acids is 1. The molecule has 2 heterocycles.